The van der Waals surface area contributed by atoms with Crippen LogP contribution in [0.2, 0.25) is 0 Å². The van der Waals surface area contributed by atoms with Crippen molar-refractivity contribution in [1.82, 2.24) is 10.6 Å². The number of hydrogen-bond acceptors (Lipinski definition) is 4. The van der Waals surface area contributed by atoms with Gasteiger partial charge in [-0.3, -0.25) is 9.59 Å². The number of rotatable bonds is 3. The first kappa shape index (κ1) is 16.5. The first-order valence-electron chi connectivity index (χ1n) is 7.39. The van der Waals surface area contributed by atoms with Crippen LogP contribution in [0.3, 0.4) is 0 Å². The van der Waals surface area contributed by atoms with Crippen molar-refractivity contribution in [2.24, 2.45) is 0 Å². The maximum absolute atomic E-state index is 12.0. The quantitative estimate of drug-likeness (QED) is 0.667. The fourth-order valence-corrected chi connectivity index (χ4v) is 2.26. The van der Waals surface area contributed by atoms with Crippen LogP contribution in [0.4, 0.5) is 5.69 Å². The van der Waals surface area contributed by atoms with Gasteiger partial charge >= 0.3 is 0 Å². The summed E-state index contributed by atoms with van der Waals surface area (Å²) in [5.41, 5.74) is 0.877. The fourth-order valence-electron chi connectivity index (χ4n) is 2.26. The second-order valence-electron chi connectivity index (χ2n) is 6.62. The molecule has 120 valence electrons. The zero-order valence-corrected chi connectivity index (χ0v) is 13.1. The Hall–Kier alpha value is -1.92. The molecule has 1 aliphatic rings. The van der Waals surface area contributed by atoms with Crippen molar-refractivity contribution >= 4 is 17.5 Å². The molecule has 1 fully saturated rings. The lowest BCUT2D eigenvalue weighted by Crippen LogP contribution is -2.40. The van der Waals surface area contributed by atoms with E-state index < -0.39 is 6.10 Å². The van der Waals surface area contributed by atoms with Crippen LogP contribution in [0.5, 0.6) is 0 Å². The van der Waals surface area contributed by atoms with Crippen LogP contribution >= 0.6 is 0 Å². The summed E-state index contributed by atoms with van der Waals surface area (Å²) in [4.78, 5) is 24.0. The maximum Gasteiger partial charge on any atom is 0.251 e. The second-order valence-corrected chi connectivity index (χ2v) is 6.62. The third kappa shape index (κ3) is 4.54. The standard InChI is InChI=1S/C16H23N3O3/c1-16(2,3)19-14(21)10-4-6-11(7-5-10)18-15(22)13-8-12(20)9-17-13/h4-7,12-13,17,20H,8-9H2,1-3H3,(H,18,22)(H,19,21). The largest absolute Gasteiger partial charge is 0.392 e. The minimum absolute atomic E-state index is 0.147. The SMILES string of the molecule is CC(C)(C)NC(=O)c1ccc(NC(=O)C2CC(O)CN2)cc1. The minimum atomic E-state index is -0.473. The molecule has 2 atom stereocenters. The molecule has 1 aromatic carbocycles. The molecule has 0 aromatic heterocycles. The predicted octanol–water partition coefficient (Wildman–Crippen LogP) is 0.876. The van der Waals surface area contributed by atoms with E-state index in [2.05, 4.69) is 16.0 Å². The van der Waals surface area contributed by atoms with Gasteiger partial charge in [-0.2, -0.15) is 0 Å². The lowest BCUT2D eigenvalue weighted by molar-refractivity contribution is -0.117. The van der Waals surface area contributed by atoms with Gasteiger partial charge in [0, 0.05) is 23.3 Å². The molecular formula is C16H23N3O3. The van der Waals surface area contributed by atoms with E-state index in [4.69, 9.17) is 0 Å². The smallest absolute Gasteiger partial charge is 0.251 e. The van der Waals surface area contributed by atoms with Crippen LogP contribution in [-0.4, -0.2) is 41.2 Å². The van der Waals surface area contributed by atoms with Crippen molar-refractivity contribution < 1.29 is 14.7 Å². The molecule has 22 heavy (non-hydrogen) atoms. The zero-order valence-electron chi connectivity index (χ0n) is 13.1. The van der Waals surface area contributed by atoms with Crippen molar-refractivity contribution in [3.8, 4) is 0 Å². The topological polar surface area (TPSA) is 90.5 Å². The van der Waals surface area contributed by atoms with Crippen molar-refractivity contribution in [2.75, 3.05) is 11.9 Å². The molecule has 0 aliphatic carbocycles. The van der Waals surface area contributed by atoms with Gasteiger partial charge in [0.2, 0.25) is 5.91 Å². The van der Waals surface area contributed by atoms with Gasteiger partial charge in [0.25, 0.3) is 5.91 Å². The van der Waals surface area contributed by atoms with Crippen LogP contribution in [0.25, 0.3) is 0 Å². The highest BCUT2D eigenvalue weighted by Crippen LogP contribution is 2.13. The molecule has 1 aromatic rings. The van der Waals surface area contributed by atoms with Gasteiger partial charge in [-0.1, -0.05) is 0 Å². The van der Waals surface area contributed by atoms with Gasteiger partial charge in [0.05, 0.1) is 12.1 Å². The zero-order chi connectivity index (χ0) is 16.3. The number of aliphatic hydroxyl groups is 1. The van der Waals surface area contributed by atoms with E-state index in [1.807, 2.05) is 20.8 Å². The predicted molar refractivity (Wildman–Crippen MR) is 84.7 cm³/mol. The molecule has 1 saturated heterocycles. The summed E-state index contributed by atoms with van der Waals surface area (Å²) in [6.07, 6.45) is -0.0584. The Morgan fingerprint density at radius 1 is 1.23 bits per heavy atom. The van der Waals surface area contributed by atoms with E-state index in [0.717, 1.165) is 0 Å². The van der Waals surface area contributed by atoms with E-state index in [9.17, 15) is 14.7 Å². The fraction of sp³-hybridized carbons (Fsp3) is 0.500. The van der Waals surface area contributed by atoms with Crippen LogP contribution < -0.4 is 16.0 Å². The minimum Gasteiger partial charge on any atom is -0.392 e. The molecule has 0 bridgehead atoms. The molecular weight excluding hydrogens is 282 g/mol. The Kier molecular flexibility index (Phi) is 4.83. The summed E-state index contributed by atoms with van der Waals surface area (Å²) in [6, 6.07) is 6.36. The Morgan fingerprint density at radius 2 is 1.86 bits per heavy atom. The maximum atomic E-state index is 12.0. The van der Waals surface area contributed by atoms with Crippen LogP contribution in [0.1, 0.15) is 37.6 Å². The van der Waals surface area contributed by atoms with Gasteiger partial charge in [-0.05, 0) is 51.5 Å². The molecule has 2 amide bonds. The van der Waals surface area contributed by atoms with Crippen molar-refractivity contribution in [2.45, 2.75) is 44.9 Å². The summed E-state index contributed by atoms with van der Waals surface area (Å²) in [5, 5.41) is 18.0. The number of anilines is 1. The normalized spacial score (nSPS) is 21.5. The van der Waals surface area contributed by atoms with Gasteiger partial charge in [0.15, 0.2) is 0 Å². The number of β-amino-alcohol motifs (C(OH)–C–C–N with tert-alkyl or cyclic N) is 1. The van der Waals surface area contributed by atoms with Gasteiger partial charge in [-0.25, -0.2) is 0 Å². The monoisotopic (exact) mass is 305 g/mol. The Balaban J connectivity index is 1.94. The van der Waals surface area contributed by atoms with Gasteiger partial charge in [0.1, 0.15) is 0 Å². The van der Waals surface area contributed by atoms with Crippen LogP contribution in [0.15, 0.2) is 24.3 Å². The van der Waals surface area contributed by atoms with E-state index in [1.165, 1.54) is 0 Å². The summed E-state index contributed by atoms with van der Waals surface area (Å²) in [7, 11) is 0. The number of benzene rings is 1. The Labute approximate surface area is 130 Å². The number of amides is 2. The number of carbonyl (C=O) groups excluding carboxylic acids is 2. The van der Waals surface area contributed by atoms with Gasteiger partial charge < -0.3 is 21.1 Å². The second kappa shape index (κ2) is 6.46. The highest BCUT2D eigenvalue weighted by atomic mass is 16.3. The molecule has 2 unspecified atom stereocenters. The van der Waals surface area contributed by atoms with E-state index in [0.29, 0.717) is 24.2 Å². The summed E-state index contributed by atoms with van der Waals surface area (Å²) in [6.45, 7) is 6.19. The average Bonchev–Trinajstić information content (AvgIpc) is 2.84. The van der Waals surface area contributed by atoms with E-state index >= 15 is 0 Å². The molecule has 0 saturated carbocycles. The Bertz CT molecular complexity index is 549. The van der Waals surface area contributed by atoms with Gasteiger partial charge in [-0.15, -0.1) is 0 Å². The number of carbonyl (C=O) groups is 2. The highest BCUT2D eigenvalue weighted by Gasteiger charge is 2.28. The Morgan fingerprint density at radius 3 is 2.36 bits per heavy atom. The lowest BCUT2D eigenvalue weighted by atomic mass is 10.1. The average molecular weight is 305 g/mol. The molecule has 1 aliphatic heterocycles. The van der Waals surface area contributed by atoms with Crippen molar-refractivity contribution in [3.63, 3.8) is 0 Å². The van der Waals surface area contributed by atoms with E-state index in [1.54, 1.807) is 24.3 Å². The summed E-state index contributed by atoms with van der Waals surface area (Å²) in [5.74, 6) is -0.325. The highest BCUT2D eigenvalue weighted by molar-refractivity contribution is 5.97. The third-order valence-electron chi connectivity index (χ3n) is 3.33. The first-order valence-corrected chi connectivity index (χ1v) is 7.39. The molecule has 0 spiro atoms. The number of aliphatic hydroxyl groups excluding tert-OH is 1. The van der Waals surface area contributed by atoms with Crippen molar-refractivity contribution in [1.29, 1.82) is 0 Å². The summed E-state index contributed by atoms with van der Waals surface area (Å²) >= 11 is 0. The molecule has 6 heteroatoms. The molecule has 0 radical (unpaired) electrons. The molecule has 4 N–H and O–H groups in total. The summed E-state index contributed by atoms with van der Waals surface area (Å²) < 4.78 is 0. The van der Waals surface area contributed by atoms with Crippen molar-refractivity contribution in [3.05, 3.63) is 29.8 Å². The lowest BCUT2D eigenvalue weighted by Gasteiger charge is -2.20. The van der Waals surface area contributed by atoms with E-state index in [-0.39, 0.29) is 23.4 Å². The number of nitrogens with one attached hydrogen (secondary N) is 3. The molecule has 1 heterocycles. The van der Waals surface area contributed by atoms with Crippen LogP contribution in [0, 0.1) is 0 Å². The van der Waals surface area contributed by atoms with Crippen LogP contribution in [-0.2, 0) is 4.79 Å². The number of hydrogen-bond donors (Lipinski definition) is 4. The third-order valence-corrected chi connectivity index (χ3v) is 3.33. The molecule has 2 rings (SSSR count). The first-order chi connectivity index (χ1) is 10.2. The molecule has 6 nitrogen and oxygen atoms in total.